The van der Waals surface area contributed by atoms with E-state index in [1.807, 2.05) is 35.1 Å². The average molecular weight is 407 g/mol. The minimum atomic E-state index is -1.18. The van der Waals surface area contributed by atoms with Crippen molar-refractivity contribution in [1.29, 1.82) is 0 Å². The van der Waals surface area contributed by atoms with Crippen molar-refractivity contribution in [1.82, 2.24) is 0 Å². The molecule has 136 valence electrons. The zero-order valence-corrected chi connectivity index (χ0v) is 19.9. The fourth-order valence-electron chi connectivity index (χ4n) is 2.21. The van der Waals surface area contributed by atoms with E-state index in [1.165, 1.54) is 9.75 Å². The van der Waals surface area contributed by atoms with Crippen molar-refractivity contribution in [2.24, 2.45) is 9.98 Å². The van der Waals surface area contributed by atoms with E-state index in [0.29, 0.717) is 0 Å². The van der Waals surface area contributed by atoms with E-state index in [9.17, 15) is 0 Å². The maximum Gasteiger partial charge on any atom is 0.0904 e. The van der Waals surface area contributed by atoms with Gasteiger partial charge in [-0.15, -0.1) is 22.7 Å². The Bertz CT molecular complexity index is 669. The fraction of sp³-hybridized carbons (Fsp3) is 0.474. The molecule has 6 heteroatoms. The molecule has 2 aromatic rings. The highest BCUT2D eigenvalue weighted by Gasteiger charge is 2.18. The number of aliphatic imine (C=N–C) groups is 2. The zero-order chi connectivity index (χ0) is 18.5. The SMILES string of the molecule is C[Si](C)(C)c1ccc(C=NCCCN=Cc2ccc([Si](C)(C)C)s2)s1. The van der Waals surface area contributed by atoms with Gasteiger partial charge in [0.25, 0.3) is 0 Å². The maximum atomic E-state index is 4.55. The Balaban J connectivity index is 1.72. The molecule has 0 N–H and O–H groups in total. The molecule has 0 atom stereocenters. The minimum Gasteiger partial charge on any atom is -0.292 e. The van der Waals surface area contributed by atoms with Crippen molar-refractivity contribution in [3.05, 3.63) is 34.0 Å². The average Bonchev–Trinajstić information content (AvgIpc) is 3.14. The Hall–Kier alpha value is -0.826. The van der Waals surface area contributed by atoms with Gasteiger partial charge in [-0.1, -0.05) is 51.4 Å². The van der Waals surface area contributed by atoms with Crippen molar-refractivity contribution >= 4 is 60.3 Å². The Labute approximate surface area is 162 Å². The summed E-state index contributed by atoms with van der Waals surface area (Å²) in [7, 11) is -2.36. The van der Waals surface area contributed by atoms with Crippen LogP contribution in [-0.4, -0.2) is 41.7 Å². The fourth-order valence-corrected chi connectivity index (χ4v) is 7.84. The second-order valence-electron chi connectivity index (χ2n) is 8.33. The number of hydrogen-bond acceptors (Lipinski definition) is 4. The van der Waals surface area contributed by atoms with Crippen LogP contribution in [0.2, 0.25) is 39.3 Å². The molecule has 0 bridgehead atoms. The molecule has 0 aromatic carbocycles. The van der Waals surface area contributed by atoms with Crippen molar-refractivity contribution < 1.29 is 0 Å². The van der Waals surface area contributed by atoms with Crippen LogP contribution in [0.4, 0.5) is 0 Å². The summed E-state index contributed by atoms with van der Waals surface area (Å²) in [6, 6.07) is 8.95. The molecular formula is C19H30N2S2Si2. The molecule has 2 aromatic heterocycles. The summed E-state index contributed by atoms with van der Waals surface area (Å²) in [6.07, 6.45) is 5.06. The van der Waals surface area contributed by atoms with Gasteiger partial charge in [-0.2, -0.15) is 0 Å². The normalized spacial score (nSPS) is 13.4. The third-order valence-electron chi connectivity index (χ3n) is 3.74. The smallest absolute Gasteiger partial charge is 0.0904 e. The minimum absolute atomic E-state index is 0.849. The molecule has 0 radical (unpaired) electrons. The Morgan fingerprint density at radius 1 is 0.720 bits per heavy atom. The molecule has 0 aliphatic carbocycles. The molecular weight excluding hydrogens is 377 g/mol. The molecule has 0 spiro atoms. The highest BCUT2D eigenvalue weighted by Crippen LogP contribution is 2.12. The van der Waals surface area contributed by atoms with E-state index in [0.717, 1.165) is 19.5 Å². The van der Waals surface area contributed by atoms with E-state index in [4.69, 9.17) is 0 Å². The molecule has 2 heterocycles. The van der Waals surface area contributed by atoms with Crippen LogP contribution in [0.3, 0.4) is 0 Å². The molecule has 0 saturated carbocycles. The van der Waals surface area contributed by atoms with Gasteiger partial charge in [0.2, 0.25) is 0 Å². The van der Waals surface area contributed by atoms with Gasteiger partial charge in [-0.25, -0.2) is 0 Å². The lowest BCUT2D eigenvalue weighted by Crippen LogP contribution is -2.34. The summed E-state index contributed by atoms with van der Waals surface area (Å²) in [5, 5.41) is 0. The number of hydrogen-bond donors (Lipinski definition) is 0. The zero-order valence-electron chi connectivity index (χ0n) is 16.3. The van der Waals surface area contributed by atoms with Gasteiger partial charge in [-0.05, 0) is 27.6 Å². The van der Waals surface area contributed by atoms with Gasteiger partial charge in [0.05, 0.1) is 16.1 Å². The van der Waals surface area contributed by atoms with Crippen LogP contribution in [0.25, 0.3) is 0 Å². The summed E-state index contributed by atoms with van der Waals surface area (Å²) in [5.41, 5.74) is 0. The van der Waals surface area contributed by atoms with Gasteiger partial charge < -0.3 is 0 Å². The summed E-state index contributed by atoms with van der Waals surface area (Å²) in [6.45, 7) is 16.0. The van der Waals surface area contributed by atoms with Gasteiger partial charge >= 0.3 is 0 Å². The first-order chi connectivity index (χ1) is 11.7. The van der Waals surface area contributed by atoms with E-state index < -0.39 is 16.1 Å². The number of nitrogens with zero attached hydrogens (tertiary/aromatic N) is 2. The molecule has 0 aliphatic heterocycles. The van der Waals surface area contributed by atoms with E-state index in [-0.39, 0.29) is 0 Å². The molecule has 0 saturated heterocycles. The first kappa shape index (κ1) is 20.5. The highest BCUT2D eigenvalue weighted by molar-refractivity contribution is 7.28. The predicted molar refractivity (Wildman–Crippen MR) is 124 cm³/mol. The second kappa shape index (κ2) is 8.71. The third kappa shape index (κ3) is 6.77. The maximum absolute atomic E-state index is 4.55. The van der Waals surface area contributed by atoms with Gasteiger partial charge in [0, 0.05) is 35.3 Å². The molecule has 0 amide bonds. The van der Waals surface area contributed by atoms with Crippen molar-refractivity contribution in [3.8, 4) is 0 Å². The van der Waals surface area contributed by atoms with Crippen LogP contribution in [0.1, 0.15) is 16.2 Å². The Morgan fingerprint density at radius 2 is 1.12 bits per heavy atom. The lowest BCUT2D eigenvalue weighted by molar-refractivity contribution is 0.851. The second-order valence-corrected chi connectivity index (χ2v) is 21.4. The Morgan fingerprint density at radius 3 is 1.44 bits per heavy atom. The summed E-state index contributed by atoms with van der Waals surface area (Å²) in [4.78, 5) is 11.7. The van der Waals surface area contributed by atoms with Crippen LogP contribution in [-0.2, 0) is 0 Å². The van der Waals surface area contributed by atoms with E-state index in [1.54, 1.807) is 9.00 Å². The van der Waals surface area contributed by atoms with E-state index >= 15 is 0 Å². The van der Waals surface area contributed by atoms with Crippen LogP contribution in [0.5, 0.6) is 0 Å². The lowest BCUT2D eigenvalue weighted by Gasteiger charge is -2.11. The number of thiophene rings is 2. The first-order valence-electron chi connectivity index (χ1n) is 8.86. The van der Waals surface area contributed by atoms with Crippen LogP contribution in [0.15, 0.2) is 34.3 Å². The van der Waals surface area contributed by atoms with Gasteiger partial charge in [0.1, 0.15) is 0 Å². The standard InChI is InChI=1S/C19H30N2S2Si2/c1-24(2,3)18-10-8-16(22-18)14-20-12-7-13-21-15-17-9-11-19(23-17)25(4,5)6/h8-11,14-15H,7,12-13H2,1-6H3. The predicted octanol–water partition coefficient (Wildman–Crippen LogP) is 4.83. The van der Waals surface area contributed by atoms with E-state index in [2.05, 4.69) is 73.5 Å². The summed E-state index contributed by atoms with van der Waals surface area (Å²) < 4.78 is 3.10. The van der Waals surface area contributed by atoms with Crippen molar-refractivity contribution in [2.75, 3.05) is 13.1 Å². The van der Waals surface area contributed by atoms with Crippen LogP contribution in [0, 0.1) is 0 Å². The van der Waals surface area contributed by atoms with Crippen molar-refractivity contribution in [3.63, 3.8) is 0 Å². The molecule has 0 unspecified atom stereocenters. The van der Waals surface area contributed by atoms with Gasteiger partial charge in [0.15, 0.2) is 0 Å². The molecule has 2 nitrogen and oxygen atoms in total. The summed E-state index contributed by atoms with van der Waals surface area (Å²) in [5.74, 6) is 0. The van der Waals surface area contributed by atoms with Crippen LogP contribution >= 0.6 is 22.7 Å². The lowest BCUT2D eigenvalue weighted by atomic mass is 10.4. The van der Waals surface area contributed by atoms with Crippen LogP contribution < -0.4 is 9.00 Å². The van der Waals surface area contributed by atoms with Crippen molar-refractivity contribution in [2.45, 2.75) is 45.7 Å². The first-order valence-corrected chi connectivity index (χ1v) is 17.5. The topological polar surface area (TPSA) is 24.7 Å². The molecule has 0 fully saturated rings. The highest BCUT2D eigenvalue weighted by atomic mass is 32.1. The monoisotopic (exact) mass is 406 g/mol. The summed E-state index contributed by atoms with van der Waals surface area (Å²) >= 11 is 3.79. The quantitative estimate of drug-likeness (QED) is 0.341. The Kier molecular flexibility index (Phi) is 7.13. The molecule has 2 rings (SSSR count). The van der Waals surface area contributed by atoms with Gasteiger partial charge in [-0.3, -0.25) is 9.98 Å². The molecule has 0 aliphatic rings. The number of rotatable bonds is 8. The molecule has 25 heavy (non-hydrogen) atoms. The largest absolute Gasteiger partial charge is 0.292 e. The third-order valence-corrected chi connectivity index (χ3v) is 13.0.